The van der Waals surface area contributed by atoms with E-state index in [1.807, 2.05) is 0 Å². The molecule has 0 saturated carbocycles. The molecule has 1 fully saturated rings. The fraction of sp³-hybridized carbons (Fsp3) is 0.455. The molecule has 3 rings (SSSR count). The Morgan fingerprint density at radius 3 is 3.21 bits per heavy atom. The number of ether oxygens (including phenoxy) is 1. The lowest BCUT2D eigenvalue weighted by Gasteiger charge is -2.10. The van der Waals surface area contributed by atoms with E-state index in [1.54, 1.807) is 0 Å². The van der Waals surface area contributed by atoms with E-state index < -0.39 is 0 Å². The van der Waals surface area contributed by atoms with Crippen LogP contribution in [0.15, 0.2) is 18.2 Å². The van der Waals surface area contributed by atoms with Gasteiger partial charge in [0.25, 0.3) is 0 Å². The molecule has 1 aromatic carbocycles. The molecule has 14 heavy (non-hydrogen) atoms. The van der Waals surface area contributed by atoms with Gasteiger partial charge >= 0.3 is 0 Å². The van der Waals surface area contributed by atoms with Crippen molar-refractivity contribution in [3.63, 3.8) is 0 Å². The average Bonchev–Trinajstić information content (AvgIpc) is 2.88. The van der Waals surface area contributed by atoms with Gasteiger partial charge in [-0.25, -0.2) is 0 Å². The molecule has 2 N–H and O–H groups in total. The van der Waals surface area contributed by atoms with E-state index in [9.17, 15) is 0 Å². The van der Waals surface area contributed by atoms with Crippen molar-refractivity contribution in [1.29, 1.82) is 0 Å². The van der Waals surface area contributed by atoms with Crippen molar-refractivity contribution in [3.8, 4) is 5.75 Å². The number of hydrazine groups is 1. The Bertz CT molecular complexity index is 345. The highest BCUT2D eigenvalue weighted by molar-refractivity contribution is 5.40. The Balaban J connectivity index is 1.91. The van der Waals surface area contributed by atoms with Crippen molar-refractivity contribution < 1.29 is 4.74 Å². The summed E-state index contributed by atoms with van der Waals surface area (Å²) in [6.07, 6.45) is 2.23. The van der Waals surface area contributed by atoms with Crippen LogP contribution < -0.4 is 15.6 Å². The second-order valence-electron chi connectivity index (χ2n) is 3.88. The first-order chi connectivity index (χ1) is 6.93. The van der Waals surface area contributed by atoms with Gasteiger partial charge in [0.05, 0.1) is 6.61 Å². The van der Waals surface area contributed by atoms with Gasteiger partial charge in [-0.2, -0.15) is 0 Å². The quantitative estimate of drug-likeness (QED) is 0.697. The molecule has 1 aromatic rings. The number of hydrogen-bond acceptors (Lipinski definition) is 3. The van der Waals surface area contributed by atoms with E-state index in [0.717, 1.165) is 25.3 Å². The molecule has 0 bridgehead atoms. The number of nitrogens with one attached hydrogen (secondary N) is 2. The molecule has 0 amide bonds. The molecule has 1 unspecified atom stereocenters. The van der Waals surface area contributed by atoms with E-state index in [0.29, 0.717) is 6.04 Å². The maximum atomic E-state index is 5.48. The van der Waals surface area contributed by atoms with Crippen molar-refractivity contribution >= 4 is 0 Å². The highest BCUT2D eigenvalue weighted by Gasteiger charge is 2.19. The van der Waals surface area contributed by atoms with Gasteiger partial charge in [0.15, 0.2) is 0 Å². The first kappa shape index (κ1) is 8.26. The SMILES string of the molecule is c1cc2c(cc1C1CCNN1)CCO2. The van der Waals surface area contributed by atoms with E-state index in [4.69, 9.17) is 4.74 Å². The van der Waals surface area contributed by atoms with Crippen molar-refractivity contribution in [2.24, 2.45) is 0 Å². The van der Waals surface area contributed by atoms with Crippen molar-refractivity contribution in [2.45, 2.75) is 18.9 Å². The van der Waals surface area contributed by atoms with Gasteiger partial charge in [0.1, 0.15) is 5.75 Å². The Hall–Kier alpha value is -1.06. The van der Waals surface area contributed by atoms with Crippen molar-refractivity contribution in [3.05, 3.63) is 29.3 Å². The second kappa shape index (κ2) is 3.26. The smallest absolute Gasteiger partial charge is 0.122 e. The zero-order valence-corrected chi connectivity index (χ0v) is 8.05. The lowest BCUT2D eigenvalue weighted by atomic mass is 10.0. The molecule has 0 spiro atoms. The average molecular weight is 190 g/mol. The Morgan fingerprint density at radius 2 is 2.36 bits per heavy atom. The standard InChI is InChI=1S/C11H14N2O/c1-2-11-9(4-6-14-11)7-8(1)10-3-5-12-13-10/h1-2,7,10,12-13H,3-6H2. The number of fused-ring (bicyclic) bond motifs is 1. The van der Waals surface area contributed by atoms with Crippen LogP contribution in [0, 0.1) is 0 Å². The molecule has 2 aliphatic heterocycles. The van der Waals surface area contributed by atoms with E-state index in [1.165, 1.54) is 17.5 Å². The minimum absolute atomic E-state index is 0.473. The molecule has 74 valence electrons. The van der Waals surface area contributed by atoms with E-state index in [-0.39, 0.29) is 0 Å². The molecular formula is C11H14N2O. The maximum absolute atomic E-state index is 5.48. The first-order valence-electron chi connectivity index (χ1n) is 5.17. The van der Waals surface area contributed by atoms with E-state index >= 15 is 0 Å². The molecule has 2 heterocycles. The molecule has 1 atom stereocenters. The third-order valence-corrected chi connectivity index (χ3v) is 2.95. The fourth-order valence-electron chi connectivity index (χ4n) is 2.16. The van der Waals surface area contributed by atoms with Gasteiger partial charge in [0.2, 0.25) is 0 Å². The monoisotopic (exact) mass is 190 g/mol. The molecule has 3 heteroatoms. The van der Waals surface area contributed by atoms with Gasteiger partial charge in [-0.3, -0.25) is 10.9 Å². The van der Waals surface area contributed by atoms with Gasteiger partial charge in [0, 0.05) is 19.0 Å². The second-order valence-corrected chi connectivity index (χ2v) is 3.88. The van der Waals surface area contributed by atoms with Crippen LogP contribution >= 0.6 is 0 Å². The van der Waals surface area contributed by atoms with E-state index in [2.05, 4.69) is 29.1 Å². The number of benzene rings is 1. The number of rotatable bonds is 1. The van der Waals surface area contributed by atoms with Crippen molar-refractivity contribution in [2.75, 3.05) is 13.2 Å². The lowest BCUT2D eigenvalue weighted by Crippen LogP contribution is -2.24. The Morgan fingerprint density at radius 1 is 1.36 bits per heavy atom. The molecule has 2 aliphatic rings. The highest BCUT2D eigenvalue weighted by Crippen LogP contribution is 2.29. The summed E-state index contributed by atoms with van der Waals surface area (Å²) in [5, 5.41) is 0. The summed E-state index contributed by atoms with van der Waals surface area (Å²) in [5.41, 5.74) is 9.16. The van der Waals surface area contributed by atoms with Crippen LogP contribution in [0.2, 0.25) is 0 Å². The first-order valence-corrected chi connectivity index (χ1v) is 5.17. The predicted molar refractivity (Wildman–Crippen MR) is 54.1 cm³/mol. The Kier molecular flexibility index (Phi) is 1.92. The molecule has 0 radical (unpaired) electrons. The third-order valence-electron chi connectivity index (χ3n) is 2.95. The largest absolute Gasteiger partial charge is 0.493 e. The molecule has 3 nitrogen and oxygen atoms in total. The zero-order chi connectivity index (χ0) is 9.38. The fourth-order valence-corrected chi connectivity index (χ4v) is 2.16. The van der Waals surface area contributed by atoms with Crippen LogP contribution in [0.5, 0.6) is 5.75 Å². The Labute approximate surface area is 83.4 Å². The van der Waals surface area contributed by atoms with Crippen LogP contribution in [-0.2, 0) is 6.42 Å². The molecular weight excluding hydrogens is 176 g/mol. The predicted octanol–water partition coefficient (Wildman–Crippen LogP) is 1.16. The third kappa shape index (κ3) is 1.29. The normalized spacial score (nSPS) is 24.7. The minimum atomic E-state index is 0.473. The van der Waals surface area contributed by atoms with Gasteiger partial charge in [-0.15, -0.1) is 0 Å². The molecule has 0 aromatic heterocycles. The van der Waals surface area contributed by atoms with Gasteiger partial charge in [-0.05, 0) is 23.6 Å². The van der Waals surface area contributed by atoms with Crippen LogP contribution in [0.3, 0.4) is 0 Å². The summed E-state index contributed by atoms with van der Waals surface area (Å²) < 4.78 is 5.48. The van der Waals surface area contributed by atoms with Crippen LogP contribution in [0.25, 0.3) is 0 Å². The number of hydrogen-bond donors (Lipinski definition) is 2. The maximum Gasteiger partial charge on any atom is 0.122 e. The van der Waals surface area contributed by atoms with Crippen LogP contribution in [0.4, 0.5) is 0 Å². The summed E-state index contributed by atoms with van der Waals surface area (Å²) in [4.78, 5) is 0. The van der Waals surface area contributed by atoms with Gasteiger partial charge in [-0.1, -0.05) is 12.1 Å². The van der Waals surface area contributed by atoms with Crippen LogP contribution in [-0.4, -0.2) is 13.2 Å². The topological polar surface area (TPSA) is 33.3 Å². The summed E-state index contributed by atoms with van der Waals surface area (Å²) in [6.45, 7) is 1.90. The molecule has 0 aliphatic carbocycles. The summed E-state index contributed by atoms with van der Waals surface area (Å²) in [6, 6.07) is 7.00. The van der Waals surface area contributed by atoms with Crippen molar-refractivity contribution in [1.82, 2.24) is 10.9 Å². The minimum Gasteiger partial charge on any atom is -0.493 e. The zero-order valence-electron chi connectivity index (χ0n) is 8.05. The van der Waals surface area contributed by atoms with Gasteiger partial charge < -0.3 is 4.74 Å². The summed E-state index contributed by atoms with van der Waals surface area (Å²) in [5.74, 6) is 1.07. The highest BCUT2D eigenvalue weighted by atomic mass is 16.5. The summed E-state index contributed by atoms with van der Waals surface area (Å²) in [7, 11) is 0. The van der Waals surface area contributed by atoms with Crippen LogP contribution in [0.1, 0.15) is 23.6 Å². The molecule has 1 saturated heterocycles. The lowest BCUT2D eigenvalue weighted by molar-refractivity contribution is 0.356. The summed E-state index contributed by atoms with van der Waals surface area (Å²) >= 11 is 0.